The monoisotopic (exact) mass is 461 g/mol. The van der Waals surface area contributed by atoms with E-state index in [-0.39, 0.29) is 24.0 Å². The average Bonchev–Trinajstić information content (AvgIpc) is 2.79. The van der Waals surface area contributed by atoms with Gasteiger partial charge in [0.25, 0.3) is 5.91 Å². The molecule has 1 fully saturated rings. The summed E-state index contributed by atoms with van der Waals surface area (Å²) in [5.74, 6) is 0.0527. The molecule has 1 heterocycles. The third-order valence-electron chi connectivity index (χ3n) is 5.16. The van der Waals surface area contributed by atoms with E-state index in [0.29, 0.717) is 43.7 Å². The van der Waals surface area contributed by atoms with E-state index in [2.05, 4.69) is 25.6 Å². The number of hydrogen-bond donors (Lipinski definition) is 3. The molecule has 1 aromatic carbocycles. The second kappa shape index (κ2) is 11.0. The zero-order chi connectivity index (χ0) is 23.8. The molecule has 0 atom stereocenters. The summed E-state index contributed by atoms with van der Waals surface area (Å²) in [6, 6.07) is 4.60. The van der Waals surface area contributed by atoms with Gasteiger partial charge in [-0.25, -0.2) is 9.98 Å². The smallest absolute Gasteiger partial charge is 0.393 e. The van der Waals surface area contributed by atoms with Gasteiger partial charge in [-0.3, -0.25) is 4.79 Å². The highest BCUT2D eigenvalue weighted by Gasteiger charge is 2.30. The molecule has 176 valence electrons. The fourth-order valence-corrected chi connectivity index (χ4v) is 3.26. The van der Waals surface area contributed by atoms with Crippen molar-refractivity contribution in [3.8, 4) is 0 Å². The first-order valence-corrected chi connectivity index (χ1v) is 10.7. The van der Waals surface area contributed by atoms with Crippen molar-refractivity contribution in [3.63, 3.8) is 0 Å². The summed E-state index contributed by atoms with van der Waals surface area (Å²) in [6.45, 7) is 2.44. The zero-order valence-electron chi connectivity index (χ0n) is 18.2. The standard InChI is InChI=1S/C23H26F3N5O2/c1-2-3-12-27-22-29-14-19(20(31-22)30-17-8-10-18(32)11-9-17)21(33)28-13-15-4-6-16(7-5-15)23(24,25)26/h2-7,14,18,32H,8-13H2,1H3,(H,28,33)(H,27,29,31)/b3-2+,30-17?. The van der Waals surface area contributed by atoms with Gasteiger partial charge in [0.2, 0.25) is 5.95 Å². The number of aliphatic hydroxyl groups excluding tert-OH is 1. The maximum atomic E-state index is 12.8. The molecule has 0 unspecified atom stereocenters. The van der Waals surface area contributed by atoms with Crippen LogP contribution >= 0.6 is 0 Å². The number of nitrogens with one attached hydrogen (secondary N) is 2. The van der Waals surface area contributed by atoms with Gasteiger partial charge in [0, 0.05) is 25.0 Å². The number of halogens is 3. The molecule has 0 radical (unpaired) electrons. The molecule has 1 aliphatic rings. The molecule has 3 rings (SSSR count). The highest BCUT2D eigenvalue weighted by Crippen LogP contribution is 2.29. The van der Waals surface area contributed by atoms with Gasteiger partial charge in [-0.05, 0) is 50.3 Å². The largest absolute Gasteiger partial charge is 0.416 e. The Kier molecular flexibility index (Phi) is 8.16. The molecular formula is C23H26F3N5O2. The van der Waals surface area contributed by atoms with Crippen molar-refractivity contribution in [2.75, 3.05) is 11.9 Å². The Bertz CT molecular complexity index is 1010. The highest BCUT2D eigenvalue weighted by molar-refractivity contribution is 5.99. The van der Waals surface area contributed by atoms with E-state index in [9.17, 15) is 23.1 Å². The summed E-state index contributed by atoms with van der Waals surface area (Å²) in [6.07, 6.45) is 2.82. The lowest BCUT2D eigenvalue weighted by molar-refractivity contribution is -0.137. The molecule has 10 heteroatoms. The van der Waals surface area contributed by atoms with Crippen molar-refractivity contribution >= 4 is 23.4 Å². The normalized spacial score (nSPS) is 16.6. The van der Waals surface area contributed by atoms with Crippen LogP contribution in [0.3, 0.4) is 0 Å². The minimum Gasteiger partial charge on any atom is -0.393 e. The highest BCUT2D eigenvalue weighted by atomic mass is 19.4. The summed E-state index contributed by atoms with van der Waals surface area (Å²) in [5.41, 5.74) is 0.783. The van der Waals surface area contributed by atoms with Crippen LogP contribution in [0, 0.1) is 0 Å². The number of allylic oxidation sites excluding steroid dienone is 1. The van der Waals surface area contributed by atoms with E-state index in [1.807, 2.05) is 19.1 Å². The number of anilines is 1. The minimum absolute atomic E-state index is 0.0421. The number of aromatic nitrogens is 2. The van der Waals surface area contributed by atoms with E-state index >= 15 is 0 Å². The van der Waals surface area contributed by atoms with Gasteiger partial charge in [0.15, 0.2) is 5.82 Å². The predicted molar refractivity (Wildman–Crippen MR) is 120 cm³/mol. The van der Waals surface area contributed by atoms with E-state index in [1.165, 1.54) is 18.3 Å². The molecule has 1 saturated carbocycles. The second-order valence-electron chi connectivity index (χ2n) is 7.67. The molecule has 1 aliphatic carbocycles. The van der Waals surface area contributed by atoms with Crippen LogP contribution < -0.4 is 10.6 Å². The SMILES string of the molecule is C/C=C/CNc1ncc(C(=O)NCc2ccc(C(F)(F)F)cc2)c(N=C2CCC(O)CC2)n1. The first-order chi connectivity index (χ1) is 15.8. The minimum atomic E-state index is -4.41. The Morgan fingerprint density at radius 3 is 2.58 bits per heavy atom. The van der Waals surface area contributed by atoms with Crippen LogP contribution in [0.2, 0.25) is 0 Å². The molecule has 3 N–H and O–H groups in total. The number of alkyl halides is 3. The average molecular weight is 461 g/mol. The Morgan fingerprint density at radius 1 is 1.24 bits per heavy atom. The molecule has 0 bridgehead atoms. The number of carbonyl (C=O) groups excluding carboxylic acids is 1. The number of carbonyl (C=O) groups is 1. The zero-order valence-corrected chi connectivity index (χ0v) is 18.2. The lowest BCUT2D eigenvalue weighted by atomic mass is 9.96. The first kappa shape index (κ1) is 24.4. The number of aliphatic hydroxyl groups is 1. The van der Waals surface area contributed by atoms with Crippen LogP contribution in [-0.2, 0) is 12.7 Å². The summed E-state index contributed by atoms with van der Waals surface area (Å²) >= 11 is 0. The van der Waals surface area contributed by atoms with Gasteiger partial charge < -0.3 is 15.7 Å². The molecule has 0 saturated heterocycles. The maximum Gasteiger partial charge on any atom is 0.416 e. The topological polar surface area (TPSA) is 99.5 Å². The van der Waals surface area contributed by atoms with Crippen LogP contribution in [0.1, 0.15) is 54.1 Å². The molecule has 0 aliphatic heterocycles. The van der Waals surface area contributed by atoms with Gasteiger partial charge in [-0.2, -0.15) is 18.2 Å². The van der Waals surface area contributed by atoms with Crippen molar-refractivity contribution in [2.45, 2.75) is 51.4 Å². The van der Waals surface area contributed by atoms with Crippen molar-refractivity contribution in [1.82, 2.24) is 15.3 Å². The van der Waals surface area contributed by atoms with E-state index in [0.717, 1.165) is 17.8 Å². The van der Waals surface area contributed by atoms with Gasteiger partial charge in [0.05, 0.1) is 11.7 Å². The fraction of sp³-hybridized carbons (Fsp3) is 0.391. The van der Waals surface area contributed by atoms with Gasteiger partial charge in [-0.15, -0.1) is 0 Å². The number of rotatable bonds is 7. The van der Waals surface area contributed by atoms with E-state index < -0.39 is 17.6 Å². The second-order valence-corrected chi connectivity index (χ2v) is 7.67. The molecule has 0 spiro atoms. The van der Waals surface area contributed by atoms with Crippen molar-refractivity contribution in [2.24, 2.45) is 4.99 Å². The van der Waals surface area contributed by atoms with Gasteiger partial charge in [0.1, 0.15) is 5.56 Å². The fourth-order valence-electron chi connectivity index (χ4n) is 3.26. The molecule has 1 aromatic heterocycles. The Morgan fingerprint density at radius 2 is 1.94 bits per heavy atom. The third kappa shape index (κ3) is 7.11. The van der Waals surface area contributed by atoms with Crippen LogP contribution in [0.5, 0.6) is 0 Å². The molecule has 33 heavy (non-hydrogen) atoms. The number of nitrogens with zero attached hydrogens (tertiary/aromatic N) is 3. The lowest BCUT2D eigenvalue weighted by Crippen LogP contribution is -2.24. The number of amides is 1. The lowest BCUT2D eigenvalue weighted by Gasteiger charge is -2.18. The third-order valence-corrected chi connectivity index (χ3v) is 5.16. The summed E-state index contributed by atoms with van der Waals surface area (Å²) < 4.78 is 38.2. The molecule has 7 nitrogen and oxygen atoms in total. The molecular weight excluding hydrogens is 435 g/mol. The van der Waals surface area contributed by atoms with Gasteiger partial charge >= 0.3 is 6.18 Å². The summed E-state index contributed by atoms with van der Waals surface area (Å²) in [5, 5.41) is 15.4. The van der Waals surface area contributed by atoms with Crippen LogP contribution in [-0.4, -0.2) is 39.3 Å². The van der Waals surface area contributed by atoms with E-state index in [1.54, 1.807) is 0 Å². The van der Waals surface area contributed by atoms with Crippen LogP contribution in [0.25, 0.3) is 0 Å². The first-order valence-electron chi connectivity index (χ1n) is 10.7. The Hall–Kier alpha value is -3.27. The summed E-state index contributed by atoms with van der Waals surface area (Å²) in [4.78, 5) is 25.9. The van der Waals surface area contributed by atoms with Gasteiger partial charge in [-0.1, -0.05) is 24.3 Å². The number of hydrogen-bond acceptors (Lipinski definition) is 6. The molecule has 2 aromatic rings. The maximum absolute atomic E-state index is 12.8. The quantitative estimate of drug-likeness (QED) is 0.530. The van der Waals surface area contributed by atoms with Crippen LogP contribution in [0.15, 0.2) is 47.6 Å². The van der Waals surface area contributed by atoms with Crippen molar-refractivity contribution in [1.29, 1.82) is 0 Å². The van der Waals surface area contributed by atoms with Crippen molar-refractivity contribution < 1.29 is 23.1 Å². The van der Waals surface area contributed by atoms with Crippen molar-refractivity contribution in [3.05, 3.63) is 59.3 Å². The van der Waals surface area contributed by atoms with E-state index in [4.69, 9.17) is 0 Å². The Labute approximate surface area is 189 Å². The number of benzene rings is 1. The summed E-state index contributed by atoms with van der Waals surface area (Å²) in [7, 11) is 0. The Balaban J connectivity index is 1.76. The number of aliphatic imine (C=N–C) groups is 1. The molecule has 1 amide bonds. The predicted octanol–water partition coefficient (Wildman–Crippen LogP) is 4.42. The van der Waals surface area contributed by atoms with Crippen LogP contribution in [0.4, 0.5) is 24.9 Å².